The summed E-state index contributed by atoms with van der Waals surface area (Å²) in [7, 11) is 0. The van der Waals surface area contributed by atoms with Gasteiger partial charge in [0, 0.05) is 0 Å². The van der Waals surface area contributed by atoms with Gasteiger partial charge in [-0.1, -0.05) is 30.7 Å². The van der Waals surface area contributed by atoms with Crippen LogP contribution in [0, 0.1) is 20.0 Å². The zero-order valence-electron chi connectivity index (χ0n) is 14.3. The molecule has 0 radical (unpaired) electrons. The van der Waals surface area contributed by atoms with E-state index in [9.17, 15) is 0 Å². The molecule has 0 N–H and O–H groups in total. The Morgan fingerprint density at radius 3 is 2.22 bits per heavy atom. The van der Waals surface area contributed by atoms with Crippen LogP contribution in [0.3, 0.4) is 0 Å². The Kier molecular flexibility index (Phi) is 19.0. The molecular weight excluding hydrogens is 588 g/mol. The van der Waals surface area contributed by atoms with Gasteiger partial charge in [-0.2, -0.15) is 0 Å². The number of halogens is 1. The van der Waals surface area contributed by atoms with Crippen molar-refractivity contribution in [1.29, 1.82) is 0 Å². The zero-order valence-corrected chi connectivity index (χ0v) is 18.6. The van der Waals surface area contributed by atoms with Crippen molar-refractivity contribution in [2.45, 2.75) is 26.2 Å². The van der Waals surface area contributed by atoms with E-state index in [1.165, 1.54) is 17.2 Å². The first-order valence-electron chi connectivity index (χ1n) is 7.26. The fourth-order valence-corrected chi connectivity index (χ4v) is 1.94. The van der Waals surface area contributed by atoms with Crippen molar-refractivity contribution in [2.75, 3.05) is 0 Å². The average Bonchev–Trinajstić information content (AvgIpc) is 3.26. The fourth-order valence-electron chi connectivity index (χ4n) is 1.94. The van der Waals surface area contributed by atoms with Gasteiger partial charge in [-0.25, -0.2) is 9.67 Å². The van der Waals surface area contributed by atoms with Crippen LogP contribution in [0.15, 0.2) is 36.7 Å². The van der Waals surface area contributed by atoms with Gasteiger partial charge in [-0.05, 0) is 25.0 Å². The summed E-state index contributed by atoms with van der Waals surface area (Å²) < 4.78 is 24.2. The Balaban J connectivity index is 0. The summed E-state index contributed by atoms with van der Waals surface area (Å²) >= 11 is 4.53. The maximum atomic E-state index is 7.50. The Labute approximate surface area is 174 Å². The molecular formula is C17H15BrN5O3Re. The Bertz CT molecular complexity index is 822. The summed E-state index contributed by atoms with van der Waals surface area (Å²) in [6.07, 6.45) is 6.89. The van der Waals surface area contributed by atoms with E-state index in [4.69, 9.17) is 14.0 Å². The van der Waals surface area contributed by atoms with E-state index in [-0.39, 0.29) is 0 Å². The van der Waals surface area contributed by atoms with Gasteiger partial charge in [0.1, 0.15) is 0 Å². The average molecular weight is 603 g/mol. The molecule has 0 fully saturated rings. The van der Waals surface area contributed by atoms with E-state index >= 15 is 0 Å². The third-order valence-electron chi connectivity index (χ3n) is 3.00. The molecule has 0 aliphatic carbocycles. The van der Waals surface area contributed by atoms with Crippen molar-refractivity contribution in [3.8, 4) is 5.82 Å². The molecule has 8 nitrogen and oxygen atoms in total. The molecule has 0 saturated carbocycles. The van der Waals surface area contributed by atoms with Crippen LogP contribution in [-0.2, 0) is 37.6 Å². The number of aromatic nitrogens is 5. The number of rotatable bonds is 4. The van der Waals surface area contributed by atoms with Gasteiger partial charge in [0.05, 0.1) is 29.1 Å². The molecule has 0 saturated heterocycles. The number of hydrogen-bond donors (Lipinski definition) is 0. The Hall–Kier alpha value is -1.94. The van der Waals surface area contributed by atoms with E-state index in [1.54, 1.807) is 10.9 Å². The second-order valence-electron chi connectivity index (χ2n) is 4.47. The van der Waals surface area contributed by atoms with Gasteiger partial charge < -0.3 is 0 Å². The van der Waals surface area contributed by atoms with E-state index in [0.717, 1.165) is 36.0 Å². The van der Waals surface area contributed by atoms with Gasteiger partial charge >= 0.3 is 64.5 Å². The molecule has 0 aliphatic heterocycles. The zero-order chi connectivity index (χ0) is 21.1. The first kappa shape index (κ1) is 27.3. The van der Waals surface area contributed by atoms with Crippen LogP contribution in [-0.4, -0.2) is 25.0 Å². The summed E-state index contributed by atoms with van der Waals surface area (Å²) in [5, 5.41) is 8.27. The third-order valence-corrected chi connectivity index (χ3v) is 3.00. The molecule has 0 amide bonds. The summed E-state index contributed by atoms with van der Waals surface area (Å²) in [5.74, 6) is 0.703. The molecule has 0 bridgehead atoms. The van der Waals surface area contributed by atoms with E-state index < -0.39 is 0 Å². The van der Waals surface area contributed by atoms with Crippen molar-refractivity contribution in [3.05, 3.63) is 62.3 Å². The molecule has 10 heteroatoms. The van der Waals surface area contributed by atoms with Crippen molar-refractivity contribution >= 4 is 24.5 Å². The molecule has 2 aromatic heterocycles. The molecule has 2 heterocycles. The minimum atomic E-state index is 0.703. The summed E-state index contributed by atoms with van der Waals surface area (Å²) in [4.78, 5) is 8.91. The van der Waals surface area contributed by atoms with Crippen molar-refractivity contribution in [3.63, 3.8) is 0 Å². The Morgan fingerprint density at radius 1 is 1.04 bits per heavy atom. The van der Waals surface area contributed by atoms with Gasteiger partial charge in [0.15, 0.2) is 5.82 Å². The quantitative estimate of drug-likeness (QED) is 0.336. The van der Waals surface area contributed by atoms with Crippen molar-refractivity contribution in [1.82, 2.24) is 25.0 Å². The maximum absolute atomic E-state index is 7.50. The molecule has 140 valence electrons. The van der Waals surface area contributed by atoms with Crippen molar-refractivity contribution in [2.24, 2.45) is 0 Å². The van der Waals surface area contributed by atoms with Gasteiger partial charge in [-0.3, -0.25) is 4.98 Å². The molecule has 0 unspecified atom stereocenters. The Morgan fingerprint density at radius 2 is 1.63 bits per heavy atom. The number of benzene rings is 1. The molecule has 3 rings (SSSR count). The molecule has 0 spiro atoms. The SMILES string of the molecule is CCCCc1cn(-c2cnc3ccccc3n2)nn1.[Br][Re].[C-]#[O+].[C-]#[O+].[C-]#[O+]. The van der Waals surface area contributed by atoms with Crippen molar-refractivity contribution < 1.29 is 31.1 Å². The standard InChI is InChI=1S/C14H15N5.3CO.BrH.Re/c1-2-3-6-11-10-19(18-17-11)14-9-15-12-7-4-5-8-13(12)16-14;3*1-2;;/h4-5,7-10H,2-3,6H2,1H3;;;;1H;/q;;;;;+1/p-1. The molecule has 1 aromatic carbocycles. The predicted octanol–water partition coefficient (Wildman–Crippen LogP) is 3.28. The summed E-state index contributed by atoms with van der Waals surface area (Å²) in [6.45, 7) is 15.7. The topological polar surface area (TPSA) is 116 Å². The van der Waals surface area contributed by atoms with Crippen LogP contribution >= 0.6 is 13.4 Å². The summed E-state index contributed by atoms with van der Waals surface area (Å²) in [5.41, 5.74) is 2.75. The fraction of sp³-hybridized carbons (Fsp3) is 0.235. The summed E-state index contributed by atoms with van der Waals surface area (Å²) in [6, 6.07) is 7.80. The van der Waals surface area contributed by atoms with E-state index in [1.807, 2.05) is 30.5 Å². The van der Waals surface area contributed by atoms with Gasteiger partial charge in [0.2, 0.25) is 0 Å². The monoisotopic (exact) mass is 603 g/mol. The number of hydrogen-bond acceptors (Lipinski definition) is 4. The van der Waals surface area contributed by atoms with Crippen LogP contribution in [0.4, 0.5) is 0 Å². The molecule has 3 aromatic rings. The number of nitrogens with zero attached hydrogens (tertiary/aromatic N) is 5. The van der Waals surface area contributed by atoms with E-state index in [2.05, 4.69) is 60.6 Å². The minimum absolute atomic E-state index is 0.703. The molecule has 27 heavy (non-hydrogen) atoms. The second kappa shape index (κ2) is 18.8. The van der Waals surface area contributed by atoms with E-state index in [0.29, 0.717) is 5.82 Å². The van der Waals surface area contributed by atoms with Gasteiger partial charge in [0.25, 0.3) is 0 Å². The van der Waals surface area contributed by atoms with Crippen LogP contribution in [0.5, 0.6) is 0 Å². The van der Waals surface area contributed by atoms with Crippen LogP contribution in [0.1, 0.15) is 25.5 Å². The predicted molar refractivity (Wildman–Crippen MR) is 93.8 cm³/mol. The number of para-hydroxylation sites is 2. The number of aryl methyl sites for hydroxylation is 1. The van der Waals surface area contributed by atoms with Gasteiger partial charge in [-0.15, -0.1) is 5.10 Å². The number of unbranched alkanes of at least 4 members (excludes halogenated alkanes) is 1. The normalized spacial score (nSPS) is 8.19. The second-order valence-corrected chi connectivity index (χ2v) is 4.47. The first-order valence-corrected chi connectivity index (χ1v) is 13.2. The third kappa shape index (κ3) is 9.53. The van der Waals surface area contributed by atoms with Crippen LogP contribution < -0.4 is 0 Å². The van der Waals surface area contributed by atoms with Crippen LogP contribution in [0.25, 0.3) is 16.9 Å². The first-order chi connectivity index (χ1) is 13.4. The number of fused-ring (bicyclic) bond motifs is 1. The molecule has 0 atom stereocenters. The van der Waals surface area contributed by atoms with Crippen LogP contribution in [0.2, 0.25) is 0 Å². The molecule has 0 aliphatic rings.